The Kier molecular flexibility index (Phi) is 5.38. The SMILES string of the molecule is COCCCNS(=O)(=O)c1ccc(N)c(Br)c1. The maximum absolute atomic E-state index is 11.8. The first-order valence-corrected chi connectivity index (χ1v) is 7.28. The van der Waals surface area contributed by atoms with Crippen LogP contribution in [0.2, 0.25) is 0 Å². The summed E-state index contributed by atoms with van der Waals surface area (Å²) in [4.78, 5) is 0.191. The first-order valence-electron chi connectivity index (χ1n) is 5.01. The van der Waals surface area contributed by atoms with E-state index in [-0.39, 0.29) is 4.90 Å². The Morgan fingerprint density at radius 2 is 2.18 bits per heavy atom. The molecule has 0 aromatic heterocycles. The quantitative estimate of drug-likeness (QED) is 0.611. The van der Waals surface area contributed by atoms with Crippen molar-refractivity contribution in [2.45, 2.75) is 11.3 Å². The lowest BCUT2D eigenvalue weighted by Gasteiger charge is -2.07. The third-order valence-electron chi connectivity index (χ3n) is 2.10. The molecule has 0 radical (unpaired) electrons. The lowest BCUT2D eigenvalue weighted by molar-refractivity contribution is 0.196. The second-order valence-corrected chi connectivity index (χ2v) is 6.05. The van der Waals surface area contributed by atoms with Crippen molar-refractivity contribution in [3.8, 4) is 0 Å². The van der Waals surface area contributed by atoms with E-state index < -0.39 is 10.0 Å². The van der Waals surface area contributed by atoms with E-state index in [1.165, 1.54) is 12.1 Å². The zero-order valence-corrected chi connectivity index (χ0v) is 11.8. The fourth-order valence-corrected chi connectivity index (χ4v) is 2.81. The van der Waals surface area contributed by atoms with Gasteiger partial charge in [0.15, 0.2) is 0 Å². The van der Waals surface area contributed by atoms with E-state index in [1.807, 2.05) is 0 Å². The van der Waals surface area contributed by atoms with Crippen LogP contribution in [0.4, 0.5) is 5.69 Å². The van der Waals surface area contributed by atoms with Crippen molar-refractivity contribution in [2.75, 3.05) is 26.0 Å². The van der Waals surface area contributed by atoms with Crippen molar-refractivity contribution in [3.05, 3.63) is 22.7 Å². The molecule has 1 aromatic rings. The average Bonchev–Trinajstić information content (AvgIpc) is 2.28. The minimum atomic E-state index is -3.47. The summed E-state index contributed by atoms with van der Waals surface area (Å²) in [6, 6.07) is 4.50. The van der Waals surface area contributed by atoms with E-state index in [1.54, 1.807) is 13.2 Å². The minimum absolute atomic E-state index is 0.191. The monoisotopic (exact) mass is 322 g/mol. The van der Waals surface area contributed by atoms with Gasteiger partial charge in [0.25, 0.3) is 0 Å². The topological polar surface area (TPSA) is 81.4 Å². The summed E-state index contributed by atoms with van der Waals surface area (Å²) in [6.07, 6.45) is 0.631. The van der Waals surface area contributed by atoms with Crippen LogP contribution >= 0.6 is 15.9 Å². The molecule has 1 rings (SSSR count). The summed E-state index contributed by atoms with van der Waals surface area (Å²) in [6.45, 7) is 0.867. The highest BCUT2D eigenvalue weighted by Crippen LogP contribution is 2.22. The Labute approximate surface area is 110 Å². The van der Waals surface area contributed by atoms with Crippen LogP contribution in [0.1, 0.15) is 6.42 Å². The first kappa shape index (κ1) is 14.4. The summed E-state index contributed by atoms with van der Waals surface area (Å²) in [5.74, 6) is 0. The lowest BCUT2D eigenvalue weighted by Crippen LogP contribution is -2.25. The number of ether oxygens (including phenoxy) is 1. The number of hydrogen-bond acceptors (Lipinski definition) is 4. The maximum Gasteiger partial charge on any atom is 0.240 e. The second-order valence-electron chi connectivity index (χ2n) is 3.43. The summed E-state index contributed by atoms with van der Waals surface area (Å²) in [5, 5.41) is 0. The van der Waals surface area contributed by atoms with Gasteiger partial charge < -0.3 is 10.5 Å². The fraction of sp³-hybridized carbons (Fsp3) is 0.400. The lowest BCUT2D eigenvalue weighted by atomic mass is 10.3. The molecule has 0 aliphatic carbocycles. The predicted molar refractivity (Wildman–Crippen MR) is 70.2 cm³/mol. The zero-order valence-electron chi connectivity index (χ0n) is 9.44. The number of anilines is 1. The number of nitrogens with one attached hydrogen (secondary N) is 1. The van der Waals surface area contributed by atoms with Gasteiger partial charge >= 0.3 is 0 Å². The van der Waals surface area contributed by atoms with Gasteiger partial charge in [-0.15, -0.1) is 0 Å². The minimum Gasteiger partial charge on any atom is -0.398 e. The van der Waals surface area contributed by atoms with E-state index in [9.17, 15) is 8.42 Å². The van der Waals surface area contributed by atoms with Crippen LogP contribution in [0.25, 0.3) is 0 Å². The van der Waals surface area contributed by atoms with Crippen LogP contribution in [-0.2, 0) is 14.8 Å². The van der Waals surface area contributed by atoms with Gasteiger partial charge in [-0.3, -0.25) is 0 Å². The molecular weight excluding hydrogens is 308 g/mol. The Morgan fingerprint density at radius 3 is 2.76 bits per heavy atom. The average molecular weight is 323 g/mol. The molecule has 0 saturated carbocycles. The van der Waals surface area contributed by atoms with E-state index in [0.717, 1.165) is 0 Å². The highest BCUT2D eigenvalue weighted by atomic mass is 79.9. The Morgan fingerprint density at radius 1 is 1.47 bits per heavy atom. The van der Waals surface area contributed by atoms with E-state index in [4.69, 9.17) is 10.5 Å². The highest BCUT2D eigenvalue weighted by Gasteiger charge is 2.14. The van der Waals surface area contributed by atoms with Crippen LogP contribution < -0.4 is 10.5 Å². The largest absolute Gasteiger partial charge is 0.398 e. The zero-order chi connectivity index (χ0) is 12.9. The van der Waals surface area contributed by atoms with E-state index in [0.29, 0.717) is 29.7 Å². The standard InChI is InChI=1S/C10H15BrN2O3S/c1-16-6-2-5-13-17(14,15)8-3-4-10(12)9(11)7-8/h3-4,7,13H,2,5-6,12H2,1H3. The maximum atomic E-state index is 11.8. The van der Waals surface area contributed by atoms with Gasteiger partial charge in [-0.1, -0.05) is 0 Å². The number of rotatable bonds is 6. The molecule has 1 aromatic carbocycles. The van der Waals surface area contributed by atoms with Gasteiger partial charge in [-0.05, 0) is 40.5 Å². The smallest absolute Gasteiger partial charge is 0.240 e. The van der Waals surface area contributed by atoms with E-state index in [2.05, 4.69) is 20.7 Å². The van der Waals surface area contributed by atoms with Gasteiger partial charge in [-0.2, -0.15) is 0 Å². The number of hydrogen-bond donors (Lipinski definition) is 2. The summed E-state index contributed by atoms with van der Waals surface area (Å²) in [5.41, 5.74) is 6.10. The van der Waals surface area contributed by atoms with Crippen LogP contribution in [0, 0.1) is 0 Å². The molecule has 0 aliphatic rings. The molecule has 0 aliphatic heterocycles. The molecule has 0 atom stereocenters. The molecule has 0 unspecified atom stereocenters. The normalized spacial score (nSPS) is 11.6. The van der Waals surface area contributed by atoms with Gasteiger partial charge in [0.2, 0.25) is 10.0 Å². The molecule has 0 bridgehead atoms. The highest BCUT2D eigenvalue weighted by molar-refractivity contribution is 9.10. The summed E-state index contributed by atoms with van der Waals surface area (Å²) < 4.78 is 31.6. The van der Waals surface area contributed by atoms with Gasteiger partial charge in [0, 0.05) is 30.4 Å². The number of methoxy groups -OCH3 is 1. The first-order chi connectivity index (χ1) is 7.97. The third-order valence-corrected chi connectivity index (χ3v) is 4.24. The summed E-state index contributed by atoms with van der Waals surface area (Å²) >= 11 is 3.19. The van der Waals surface area contributed by atoms with E-state index >= 15 is 0 Å². The van der Waals surface area contributed by atoms with Crippen molar-refractivity contribution >= 4 is 31.6 Å². The summed E-state index contributed by atoms with van der Waals surface area (Å²) in [7, 11) is -1.90. The van der Waals surface area contributed by atoms with Crippen LogP contribution in [0.15, 0.2) is 27.6 Å². The second kappa shape index (κ2) is 6.34. The van der Waals surface area contributed by atoms with Crippen molar-refractivity contribution in [3.63, 3.8) is 0 Å². The number of benzene rings is 1. The molecule has 17 heavy (non-hydrogen) atoms. The molecule has 0 fully saturated rings. The van der Waals surface area contributed by atoms with Crippen molar-refractivity contribution in [1.82, 2.24) is 4.72 Å². The molecule has 0 saturated heterocycles. The molecule has 0 amide bonds. The molecule has 96 valence electrons. The van der Waals surface area contributed by atoms with Crippen molar-refractivity contribution in [2.24, 2.45) is 0 Å². The fourth-order valence-electron chi connectivity index (χ4n) is 1.18. The van der Waals surface area contributed by atoms with Crippen molar-refractivity contribution < 1.29 is 13.2 Å². The molecule has 5 nitrogen and oxygen atoms in total. The van der Waals surface area contributed by atoms with Crippen LogP contribution in [0.5, 0.6) is 0 Å². The molecule has 3 N–H and O–H groups in total. The number of halogens is 1. The van der Waals surface area contributed by atoms with Crippen molar-refractivity contribution in [1.29, 1.82) is 0 Å². The Balaban J connectivity index is 2.72. The predicted octanol–water partition coefficient (Wildman–Crippen LogP) is 1.35. The number of nitrogen functional groups attached to an aromatic ring is 1. The number of sulfonamides is 1. The van der Waals surface area contributed by atoms with Crippen LogP contribution in [0.3, 0.4) is 0 Å². The van der Waals surface area contributed by atoms with Crippen LogP contribution in [-0.4, -0.2) is 28.7 Å². The third kappa shape index (κ3) is 4.27. The Bertz CT molecular complexity index is 476. The molecule has 7 heteroatoms. The molecular formula is C10H15BrN2O3S. The van der Waals surface area contributed by atoms with Gasteiger partial charge in [0.1, 0.15) is 0 Å². The Hall–Kier alpha value is -0.630. The number of nitrogens with two attached hydrogens (primary N) is 1. The van der Waals surface area contributed by atoms with Gasteiger partial charge in [-0.25, -0.2) is 13.1 Å². The molecule has 0 spiro atoms. The molecule has 0 heterocycles. The van der Waals surface area contributed by atoms with Gasteiger partial charge in [0.05, 0.1) is 4.90 Å².